The van der Waals surface area contributed by atoms with Crippen molar-refractivity contribution in [3.05, 3.63) is 28.8 Å². The summed E-state index contributed by atoms with van der Waals surface area (Å²) in [6.07, 6.45) is 5.36. The molecule has 0 radical (unpaired) electrons. The van der Waals surface area contributed by atoms with Crippen molar-refractivity contribution in [2.24, 2.45) is 0 Å². The van der Waals surface area contributed by atoms with Crippen LogP contribution in [0, 0.1) is 0 Å². The van der Waals surface area contributed by atoms with Crippen LogP contribution in [0.15, 0.2) is 18.2 Å². The van der Waals surface area contributed by atoms with Gasteiger partial charge in [-0.25, -0.2) is 0 Å². The molecule has 2 rings (SSSR count). The molecule has 108 valence electrons. The molecule has 0 aromatic heterocycles. The lowest BCUT2D eigenvalue weighted by molar-refractivity contribution is -0.116. The topological polar surface area (TPSA) is 47.6 Å². The van der Waals surface area contributed by atoms with Crippen LogP contribution in [0.3, 0.4) is 0 Å². The molecule has 5 heteroatoms. The lowest BCUT2D eigenvalue weighted by Crippen LogP contribution is -2.22. The van der Waals surface area contributed by atoms with Crippen molar-refractivity contribution in [3.8, 4) is 11.5 Å². The number of rotatable bonds is 6. The number of methoxy groups -OCH3 is 1. The first-order valence-electron chi connectivity index (χ1n) is 6.63. The standard InChI is InChI=1S/C15H18ClNO3/c1-3-20-15-12(16)8-10(9-13(15)19-2)4-7-14(18)17-11-5-6-11/h4,7-9,11H,3,5-6H2,1-2H3,(H,17,18)/b7-4+. The zero-order valence-corrected chi connectivity index (χ0v) is 12.4. The molecule has 1 amide bonds. The molecule has 4 nitrogen and oxygen atoms in total. The fourth-order valence-corrected chi connectivity index (χ4v) is 2.04. The Labute approximate surface area is 123 Å². The summed E-state index contributed by atoms with van der Waals surface area (Å²) in [5.41, 5.74) is 0.793. The molecule has 0 saturated heterocycles. The molecule has 1 saturated carbocycles. The number of carbonyl (C=O) groups excluding carboxylic acids is 1. The SMILES string of the molecule is CCOc1c(Cl)cc(/C=C/C(=O)NC2CC2)cc1OC. The summed E-state index contributed by atoms with van der Waals surface area (Å²) < 4.78 is 10.7. The molecule has 0 spiro atoms. The Morgan fingerprint density at radius 1 is 1.50 bits per heavy atom. The van der Waals surface area contributed by atoms with E-state index in [0.717, 1.165) is 18.4 Å². The van der Waals surface area contributed by atoms with E-state index in [1.165, 1.54) is 6.08 Å². The first kappa shape index (κ1) is 14.7. The Kier molecular flexibility index (Phi) is 4.90. The lowest BCUT2D eigenvalue weighted by Gasteiger charge is -2.11. The maximum Gasteiger partial charge on any atom is 0.244 e. The molecule has 0 unspecified atom stereocenters. The van der Waals surface area contributed by atoms with Gasteiger partial charge >= 0.3 is 0 Å². The van der Waals surface area contributed by atoms with Crippen LogP contribution in [0.25, 0.3) is 6.08 Å². The van der Waals surface area contributed by atoms with E-state index in [0.29, 0.717) is 29.2 Å². The van der Waals surface area contributed by atoms with Gasteiger partial charge in [-0.05, 0) is 43.5 Å². The van der Waals surface area contributed by atoms with Crippen molar-refractivity contribution in [3.63, 3.8) is 0 Å². The van der Waals surface area contributed by atoms with Crippen molar-refractivity contribution in [2.45, 2.75) is 25.8 Å². The zero-order valence-electron chi connectivity index (χ0n) is 11.6. The normalized spacial score (nSPS) is 14.3. The maximum atomic E-state index is 11.6. The smallest absolute Gasteiger partial charge is 0.244 e. The first-order chi connectivity index (χ1) is 9.63. The second kappa shape index (κ2) is 6.66. The van der Waals surface area contributed by atoms with Crippen LogP contribution in [-0.4, -0.2) is 25.7 Å². The van der Waals surface area contributed by atoms with E-state index in [1.54, 1.807) is 25.3 Å². The third-order valence-corrected chi connectivity index (χ3v) is 3.17. The van der Waals surface area contributed by atoms with Gasteiger partial charge in [-0.1, -0.05) is 11.6 Å². The molecular weight excluding hydrogens is 278 g/mol. The first-order valence-corrected chi connectivity index (χ1v) is 7.00. The molecule has 1 fully saturated rings. The summed E-state index contributed by atoms with van der Waals surface area (Å²) >= 11 is 6.16. The Bertz CT molecular complexity index is 524. The highest BCUT2D eigenvalue weighted by Gasteiger charge is 2.22. The number of benzene rings is 1. The van der Waals surface area contributed by atoms with Crippen LogP contribution in [0.1, 0.15) is 25.3 Å². The second-order valence-electron chi connectivity index (χ2n) is 4.58. The van der Waals surface area contributed by atoms with E-state index < -0.39 is 0 Å². The molecule has 0 atom stereocenters. The minimum atomic E-state index is -0.0866. The van der Waals surface area contributed by atoms with Gasteiger partial charge in [-0.3, -0.25) is 4.79 Å². The van der Waals surface area contributed by atoms with E-state index in [9.17, 15) is 4.79 Å². The van der Waals surface area contributed by atoms with Crippen LogP contribution >= 0.6 is 11.6 Å². The van der Waals surface area contributed by atoms with E-state index in [1.807, 2.05) is 6.92 Å². The summed E-state index contributed by atoms with van der Waals surface area (Å²) in [5, 5.41) is 3.35. The second-order valence-corrected chi connectivity index (χ2v) is 4.99. The highest BCUT2D eigenvalue weighted by molar-refractivity contribution is 6.32. The molecular formula is C15H18ClNO3. The number of amides is 1. The summed E-state index contributed by atoms with van der Waals surface area (Å²) in [5.74, 6) is 0.995. The van der Waals surface area contributed by atoms with Crippen molar-refractivity contribution in [1.82, 2.24) is 5.32 Å². The minimum absolute atomic E-state index is 0.0866. The van der Waals surface area contributed by atoms with Crippen molar-refractivity contribution in [1.29, 1.82) is 0 Å². The molecule has 0 heterocycles. The fourth-order valence-electron chi connectivity index (χ4n) is 1.77. The summed E-state index contributed by atoms with van der Waals surface area (Å²) in [4.78, 5) is 11.6. The Balaban J connectivity index is 2.12. The van der Waals surface area contributed by atoms with Gasteiger partial charge in [0.2, 0.25) is 5.91 Å². The summed E-state index contributed by atoms with van der Waals surface area (Å²) in [6.45, 7) is 2.39. The minimum Gasteiger partial charge on any atom is -0.493 e. The molecule has 0 aliphatic heterocycles. The molecule has 1 aromatic carbocycles. The predicted molar refractivity (Wildman–Crippen MR) is 79.4 cm³/mol. The van der Waals surface area contributed by atoms with E-state index in [4.69, 9.17) is 21.1 Å². The third kappa shape index (κ3) is 3.90. The van der Waals surface area contributed by atoms with E-state index in [2.05, 4.69) is 5.32 Å². The van der Waals surface area contributed by atoms with Crippen molar-refractivity contribution < 1.29 is 14.3 Å². The van der Waals surface area contributed by atoms with Gasteiger partial charge in [0, 0.05) is 12.1 Å². The highest BCUT2D eigenvalue weighted by Crippen LogP contribution is 2.36. The predicted octanol–water partition coefficient (Wildman–Crippen LogP) is 3.04. The van der Waals surface area contributed by atoms with Crippen molar-refractivity contribution >= 4 is 23.6 Å². The molecule has 0 bridgehead atoms. The van der Waals surface area contributed by atoms with Gasteiger partial charge in [-0.2, -0.15) is 0 Å². The van der Waals surface area contributed by atoms with Crippen LogP contribution < -0.4 is 14.8 Å². The molecule has 1 N–H and O–H groups in total. The summed E-state index contributed by atoms with van der Waals surface area (Å²) in [6, 6.07) is 3.89. The monoisotopic (exact) mass is 295 g/mol. The van der Waals surface area contributed by atoms with Crippen LogP contribution in [0.5, 0.6) is 11.5 Å². The number of ether oxygens (including phenoxy) is 2. The average Bonchev–Trinajstić information content (AvgIpc) is 3.23. The molecule has 1 aliphatic rings. The number of hydrogen-bond donors (Lipinski definition) is 1. The lowest BCUT2D eigenvalue weighted by atomic mass is 10.2. The Morgan fingerprint density at radius 2 is 2.25 bits per heavy atom. The Hall–Kier alpha value is -1.68. The van der Waals surface area contributed by atoms with E-state index in [-0.39, 0.29) is 5.91 Å². The van der Waals surface area contributed by atoms with Crippen LogP contribution in [0.4, 0.5) is 0 Å². The molecule has 20 heavy (non-hydrogen) atoms. The fraction of sp³-hybridized carbons (Fsp3) is 0.400. The van der Waals surface area contributed by atoms with Gasteiger partial charge in [0.15, 0.2) is 11.5 Å². The maximum absolute atomic E-state index is 11.6. The third-order valence-electron chi connectivity index (χ3n) is 2.89. The quantitative estimate of drug-likeness (QED) is 0.821. The highest BCUT2D eigenvalue weighted by atomic mass is 35.5. The number of carbonyl (C=O) groups is 1. The largest absolute Gasteiger partial charge is 0.493 e. The van der Waals surface area contributed by atoms with Gasteiger partial charge in [-0.15, -0.1) is 0 Å². The van der Waals surface area contributed by atoms with Gasteiger partial charge in [0.05, 0.1) is 18.7 Å². The zero-order chi connectivity index (χ0) is 14.5. The molecule has 1 aliphatic carbocycles. The number of nitrogens with one attached hydrogen (secondary N) is 1. The van der Waals surface area contributed by atoms with Crippen molar-refractivity contribution in [2.75, 3.05) is 13.7 Å². The number of hydrogen-bond acceptors (Lipinski definition) is 3. The van der Waals surface area contributed by atoms with Gasteiger partial charge < -0.3 is 14.8 Å². The van der Waals surface area contributed by atoms with Gasteiger partial charge in [0.25, 0.3) is 0 Å². The van der Waals surface area contributed by atoms with Crippen LogP contribution in [-0.2, 0) is 4.79 Å². The number of halogens is 1. The summed E-state index contributed by atoms with van der Waals surface area (Å²) in [7, 11) is 1.56. The Morgan fingerprint density at radius 3 is 2.85 bits per heavy atom. The van der Waals surface area contributed by atoms with Crippen LogP contribution in [0.2, 0.25) is 5.02 Å². The van der Waals surface area contributed by atoms with E-state index >= 15 is 0 Å². The average molecular weight is 296 g/mol. The van der Waals surface area contributed by atoms with Gasteiger partial charge in [0.1, 0.15) is 0 Å². The molecule has 1 aromatic rings.